The number of aromatic nitrogens is 2. The molecule has 0 saturated carbocycles. The molecule has 0 fully saturated rings. The topological polar surface area (TPSA) is 76.2 Å². The molecule has 80 valence electrons. The van der Waals surface area contributed by atoms with Gasteiger partial charge < -0.3 is 11.1 Å². The summed E-state index contributed by atoms with van der Waals surface area (Å²) in [4.78, 5) is 12.0. The molecular formula is C9H12BrN5. The summed E-state index contributed by atoms with van der Waals surface area (Å²) in [6.07, 6.45) is 4.94. The van der Waals surface area contributed by atoms with Crippen LogP contribution >= 0.6 is 15.9 Å². The first kappa shape index (κ1) is 11.6. The Morgan fingerprint density at radius 2 is 2.13 bits per heavy atom. The van der Waals surface area contributed by atoms with E-state index in [0.717, 1.165) is 4.47 Å². The first-order valence-corrected chi connectivity index (χ1v) is 5.06. The summed E-state index contributed by atoms with van der Waals surface area (Å²) in [6.45, 7) is 1.78. The molecule has 0 aliphatic heterocycles. The van der Waals surface area contributed by atoms with Gasteiger partial charge in [-0.1, -0.05) is 0 Å². The Morgan fingerprint density at radius 3 is 2.60 bits per heavy atom. The molecule has 0 unspecified atom stereocenters. The average molecular weight is 270 g/mol. The number of nitrogens with two attached hydrogens (primary N) is 1. The van der Waals surface area contributed by atoms with Crippen LogP contribution in [0.5, 0.6) is 0 Å². The predicted molar refractivity (Wildman–Crippen MR) is 64.7 cm³/mol. The van der Waals surface area contributed by atoms with Crippen molar-refractivity contribution in [2.45, 2.75) is 6.92 Å². The summed E-state index contributed by atoms with van der Waals surface area (Å²) in [7, 11) is 1.67. The van der Waals surface area contributed by atoms with E-state index in [1.54, 1.807) is 32.6 Å². The van der Waals surface area contributed by atoms with Gasteiger partial charge in [0, 0.05) is 31.4 Å². The minimum atomic E-state index is 0.484. The van der Waals surface area contributed by atoms with Crippen molar-refractivity contribution in [1.29, 1.82) is 0 Å². The fraction of sp³-hybridized carbons (Fsp3) is 0.222. The maximum absolute atomic E-state index is 5.66. The van der Waals surface area contributed by atoms with E-state index in [4.69, 9.17) is 5.73 Å². The molecule has 0 spiro atoms. The molecule has 0 aromatic carbocycles. The monoisotopic (exact) mass is 269 g/mol. The molecule has 0 aliphatic rings. The van der Waals surface area contributed by atoms with Gasteiger partial charge >= 0.3 is 0 Å². The zero-order chi connectivity index (χ0) is 11.3. The van der Waals surface area contributed by atoms with Crippen LogP contribution in [0.3, 0.4) is 0 Å². The highest BCUT2D eigenvalue weighted by Crippen LogP contribution is 2.08. The molecule has 1 aromatic rings. The minimum Gasteiger partial charge on any atom is -0.401 e. The smallest absolute Gasteiger partial charge is 0.227 e. The van der Waals surface area contributed by atoms with Crippen molar-refractivity contribution in [3.8, 4) is 0 Å². The molecule has 1 aromatic heterocycles. The Labute approximate surface area is 96.7 Å². The van der Waals surface area contributed by atoms with E-state index in [1.165, 1.54) is 0 Å². The maximum Gasteiger partial charge on any atom is 0.227 e. The van der Waals surface area contributed by atoms with Crippen LogP contribution in [0.15, 0.2) is 33.3 Å². The van der Waals surface area contributed by atoms with Crippen molar-refractivity contribution in [1.82, 2.24) is 9.97 Å². The van der Waals surface area contributed by atoms with E-state index in [0.29, 0.717) is 17.3 Å². The van der Waals surface area contributed by atoms with E-state index in [-0.39, 0.29) is 0 Å². The Balaban J connectivity index is 2.84. The molecule has 0 saturated heterocycles. The average Bonchev–Trinajstić information content (AvgIpc) is 2.20. The lowest BCUT2D eigenvalue weighted by atomic mass is 10.4. The third kappa shape index (κ3) is 3.67. The number of hydrogen-bond donors (Lipinski definition) is 2. The normalized spacial score (nSPS) is 12.7. The molecule has 1 heterocycles. The van der Waals surface area contributed by atoms with Crippen molar-refractivity contribution in [2.24, 2.45) is 10.7 Å². The Bertz CT molecular complexity index is 378. The lowest BCUT2D eigenvalue weighted by molar-refractivity contribution is 1.13. The molecule has 0 atom stereocenters. The van der Waals surface area contributed by atoms with Crippen LogP contribution in [0.1, 0.15) is 6.92 Å². The number of nitrogens with zero attached hydrogens (tertiary/aromatic N) is 3. The SMILES string of the molecule is CN=CC(Nc1ncc(Br)cn1)=C(C)N. The third-order valence-electron chi connectivity index (χ3n) is 1.55. The van der Waals surface area contributed by atoms with Crippen molar-refractivity contribution >= 4 is 28.1 Å². The highest BCUT2D eigenvalue weighted by atomic mass is 79.9. The van der Waals surface area contributed by atoms with Crippen LogP contribution in [0.25, 0.3) is 0 Å². The second kappa shape index (κ2) is 5.45. The van der Waals surface area contributed by atoms with Gasteiger partial charge in [0.1, 0.15) is 0 Å². The van der Waals surface area contributed by atoms with Gasteiger partial charge in [-0.05, 0) is 22.9 Å². The highest BCUT2D eigenvalue weighted by Gasteiger charge is 2.00. The number of nitrogens with one attached hydrogen (secondary N) is 1. The zero-order valence-corrected chi connectivity index (χ0v) is 10.1. The molecule has 3 N–H and O–H groups in total. The van der Waals surface area contributed by atoms with E-state index >= 15 is 0 Å². The Kier molecular flexibility index (Phi) is 4.23. The van der Waals surface area contributed by atoms with Gasteiger partial charge in [0.05, 0.1) is 10.2 Å². The largest absolute Gasteiger partial charge is 0.401 e. The van der Waals surface area contributed by atoms with Crippen LogP contribution in [-0.4, -0.2) is 23.2 Å². The second-order valence-corrected chi connectivity index (χ2v) is 3.75. The van der Waals surface area contributed by atoms with Gasteiger partial charge in [0.2, 0.25) is 5.95 Å². The van der Waals surface area contributed by atoms with Crippen molar-refractivity contribution < 1.29 is 0 Å². The van der Waals surface area contributed by atoms with Gasteiger partial charge in [-0.25, -0.2) is 9.97 Å². The summed E-state index contributed by atoms with van der Waals surface area (Å²) in [5, 5.41) is 2.97. The lowest BCUT2D eigenvalue weighted by Crippen LogP contribution is -2.10. The standard InChI is InChI=1S/C9H12BrN5/c1-6(11)8(5-12-2)15-9-13-3-7(10)4-14-9/h3-5H,11H2,1-2H3,(H,13,14,15). The number of hydrogen-bond acceptors (Lipinski definition) is 5. The van der Waals surface area contributed by atoms with Crippen LogP contribution < -0.4 is 11.1 Å². The summed E-state index contributed by atoms with van der Waals surface area (Å²) in [5.41, 5.74) is 6.99. The molecule has 0 radical (unpaired) electrons. The van der Waals surface area contributed by atoms with Crippen LogP contribution in [0, 0.1) is 0 Å². The van der Waals surface area contributed by atoms with Crippen LogP contribution in [0.2, 0.25) is 0 Å². The van der Waals surface area contributed by atoms with Gasteiger partial charge in [-0.3, -0.25) is 4.99 Å². The Hall–Kier alpha value is -1.43. The van der Waals surface area contributed by atoms with Crippen molar-refractivity contribution in [3.05, 3.63) is 28.3 Å². The van der Waals surface area contributed by atoms with Gasteiger partial charge in [-0.15, -0.1) is 0 Å². The van der Waals surface area contributed by atoms with Gasteiger partial charge in [0.15, 0.2) is 0 Å². The van der Waals surface area contributed by atoms with Crippen molar-refractivity contribution in [2.75, 3.05) is 12.4 Å². The number of aliphatic imine (C=N–C) groups is 1. The molecule has 1 rings (SSSR count). The quantitative estimate of drug-likeness (QED) is 0.817. The first-order valence-electron chi connectivity index (χ1n) is 4.26. The van der Waals surface area contributed by atoms with Gasteiger partial charge in [0.25, 0.3) is 0 Å². The van der Waals surface area contributed by atoms with E-state index in [2.05, 4.69) is 36.2 Å². The van der Waals surface area contributed by atoms with E-state index in [1.807, 2.05) is 0 Å². The summed E-state index contributed by atoms with van der Waals surface area (Å²) in [5.74, 6) is 0.484. The van der Waals surface area contributed by atoms with Crippen molar-refractivity contribution in [3.63, 3.8) is 0 Å². The van der Waals surface area contributed by atoms with Gasteiger partial charge in [-0.2, -0.15) is 0 Å². The van der Waals surface area contributed by atoms with E-state index < -0.39 is 0 Å². The second-order valence-electron chi connectivity index (χ2n) is 2.83. The zero-order valence-electron chi connectivity index (χ0n) is 8.53. The third-order valence-corrected chi connectivity index (χ3v) is 1.96. The van der Waals surface area contributed by atoms with Crippen LogP contribution in [0.4, 0.5) is 5.95 Å². The fourth-order valence-electron chi connectivity index (χ4n) is 0.859. The molecule has 6 heteroatoms. The number of rotatable bonds is 3. The predicted octanol–water partition coefficient (Wildman–Crippen LogP) is 1.54. The molecular weight excluding hydrogens is 258 g/mol. The first-order chi connectivity index (χ1) is 7.13. The highest BCUT2D eigenvalue weighted by molar-refractivity contribution is 9.10. The Morgan fingerprint density at radius 1 is 1.53 bits per heavy atom. The summed E-state index contributed by atoms with van der Waals surface area (Å²) < 4.78 is 0.826. The number of allylic oxidation sites excluding steroid dienone is 2. The lowest BCUT2D eigenvalue weighted by Gasteiger charge is -2.06. The fourth-order valence-corrected chi connectivity index (χ4v) is 1.06. The maximum atomic E-state index is 5.66. The molecule has 5 nitrogen and oxygen atoms in total. The molecule has 0 amide bonds. The number of anilines is 1. The number of halogens is 1. The van der Waals surface area contributed by atoms with Crippen LogP contribution in [-0.2, 0) is 0 Å². The molecule has 0 bridgehead atoms. The van der Waals surface area contributed by atoms with E-state index in [9.17, 15) is 0 Å². The molecule has 15 heavy (non-hydrogen) atoms. The summed E-state index contributed by atoms with van der Waals surface area (Å²) >= 11 is 3.26. The summed E-state index contributed by atoms with van der Waals surface area (Å²) in [6, 6.07) is 0. The molecule has 0 aliphatic carbocycles. The minimum absolute atomic E-state index is 0.484.